The predicted octanol–water partition coefficient (Wildman–Crippen LogP) is 9.85. The Labute approximate surface area is 342 Å². The van der Waals surface area contributed by atoms with E-state index in [9.17, 15) is 10.1 Å². The van der Waals surface area contributed by atoms with E-state index in [0.29, 0.717) is 43.9 Å². The molecule has 2 aliphatic carbocycles. The van der Waals surface area contributed by atoms with E-state index < -0.39 is 20.2 Å². The first-order valence-electron chi connectivity index (χ1n) is 20.7. The van der Waals surface area contributed by atoms with E-state index >= 15 is 0 Å². The van der Waals surface area contributed by atoms with Crippen molar-refractivity contribution >= 4 is 14.6 Å². The molecule has 0 spiro atoms. The number of nitrogens with zero attached hydrogens (tertiary/aromatic N) is 2. The number of carbonyl (C=O) groups excluding carboxylic acids is 1. The molecule has 306 valence electrons. The van der Waals surface area contributed by atoms with Crippen LogP contribution >= 0.6 is 8.53 Å². The first-order valence-corrected chi connectivity index (χ1v) is 21.8. The second kappa shape index (κ2) is 22.4. The Morgan fingerprint density at radius 1 is 0.860 bits per heavy atom. The lowest BCUT2D eigenvalue weighted by Gasteiger charge is -2.39. The summed E-state index contributed by atoms with van der Waals surface area (Å²) in [5.41, 5.74) is 4.35. The molecule has 3 aromatic rings. The minimum atomic E-state index is -1.58. The Morgan fingerprint density at radius 2 is 1.44 bits per heavy atom. The third-order valence-electron chi connectivity index (χ3n) is 10.8. The van der Waals surface area contributed by atoms with Gasteiger partial charge in [0.15, 0.2) is 0 Å². The van der Waals surface area contributed by atoms with Crippen molar-refractivity contribution in [2.75, 3.05) is 39.6 Å². The molecule has 57 heavy (non-hydrogen) atoms. The zero-order valence-corrected chi connectivity index (χ0v) is 35.6. The van der Waals surface area contributed by atoms with Crippen LogP contribution in [0.15, 0.2) is 78.9 Å². The van der Waals surface area contributed by atoms with Gasteiger partial charge in [-0.3, -0.25) is 0 Å². The fourth-order valence-electron chi connectivity index (χ4n) is 7.83. The van der Waals surface area contributed by atoms with Gasteiger partial charge in [-0.25, -0.2) is 9.46 Å². The lowest BCUT2D eigenvalue weighted by Crippen LogP contribution is -2.39. The van der Waals surface area contributed by atoms with Crippen LogP contribution in [0.25, 0.3) is 0 Å². The molecule has 10 heteroatoms. The zero-order chi connectivity index (χ0) is 40.6. The van der Waals surface area contributed by atoms with Crippen LogP contribution in [0.2, 0.25) is 0 Å². The summed E-state index contributed by atoms with van der Waals surface area (Å²) >= 11 is 0. The number of benzene rings is 3. The standard InChI is InChI=1S/C47H62N3O6P/c1-35(2)50(36(3)4)57(55-31-14-28-48)56-42(32-52-30-15-29-49-46(51)53-34-45-43-18-12-7-8-13-19-44(43)45)33-54-47(39-16-10-9-11-17-39,40-24-20-37(5)21-25-40)41-26-22-38(6)23-27-41/h9-11,16-17,20-27,35-36,42-45H,12-15,18-19,29-34H2,1-6H3,(H,49,51)/t42?,43-,44+,45?,57?. The zero-order valence-electron chi connectivity index (χ0n) is 34.7. The monoisotopic (exact) mass is 795 g/mol. The van der Waals surface area contributed by atoms with Gasteiger partial charge < -0.3 is 28.6 Å². The van der Waals surface area contributed by atoms with E-state index in [1.807, 2.05) is 18.2 Å². The molecule has 1 saturated carbocycles. The van der Waals surface area contributed by atoms with Gasteiger partial charge in [0.2, 0.25) is 0 Å². The largest absolute Gasteiger partial charge is 0.449 e. The topological polar surface area (TPSA) is 102 Å². The minimum absolute atomic E-state index is 0.127. The average Bonchev–Trinajstić information content (AvgIpc) is 3.84. The summed E-state index contributed by atoms with van der Waals surface area (Å²) in [4.78, 5) is 12.6. The van der Waals surface area contributed by atoms with Crippen LogP contribution in [0.3, 0.4) is 0 Å². The lowest BCUT2D eigenvalue weighted by atomic mass is 9.79. The van der Waals surface area contributed by atoms with E-state index in [1.165, 1.54) is 0 Å². The van der Waals surface area contributed by atoms with Crippen molar-refractivity contribution in [1.82, 2.24) is 9.99 Å². The second-order valence-electron chi connectivity index (χ2n) is 15.7. The first kappa shape index (κ1) is 44.3. The summed E-state index contributed by atoms with van der Waals surface area (Å²) < 4.78 is 34.6. The number of alkyl carbamates (subject to hydrolysis) is 1. The predicted molar refractivity (Wildman–Crippen MR) is 226 cm³/mol. The van der Waals surface area contributed by atoms with E-state index in [1.54, 1.807) is 0 Å². The maximum absolute atomic E-state index is 12.6. The molecule has 0 saturated heterocycles. The third kappa shape index (κ3) is 12.6. The smallest absolute Gasteiger partial charge is 0.407 e. The summed E-state index contributed by atoms with van der Waals surface area (Å²) in [5.74, 6) is 8.20. The number of aryl methyl sites for hydroxylation is 2. The fourth-order valence-corrected chi connectivity index (χ4v) is 9.51. The van der Waals surface area contributed by atoms with E-state index in [-0.39, 0.29) is 44.4 Å². The van der Waals surface area contributed by atoms with Crippen molar-refractivity contribution in [1.29, 1.82) is 5.26 Å². The molecule has 5 atom stereocenters. The van der Waals surface area contributed by atoms with Gasteiger partial charge in [-0.2, -0.15) is 5.26 Å². The van der Waals surface area contributed by atoms with E-state index in [2.05, 4.69) is 130 Å². The van der Waals surface area contributed by atoms with Gasteiger partial charge in [-0.15, -0.1) is 11.8 Å². The Morgan fingerprint density at radius 3 is 2.00 bits per heavy atom. The quantitative estimate of drug-likeness (QED) is 0.0464. The Balaban J connectivity index is 1.30. The molecule has 3 aromatic carbocycles. The molecular formula is C47H62N3O6P. The first-order chi connectivity index (χ1) is 27.6. The van der Waals surface area contributed by atoms with Crippen LogP contribution in [0, 0.1) is 54.8 Å². The van der Waals surface area contributed by atoms with E-state index in [4.69, 9.17) is 23.3 Å². The molecule has 1 N–H and O–H groups in total. The summed E-state index contributed by atoms with van der Waals surface area (Å²) in [7, 11) is -1.58. The van der Waals surface area contributed by atoms with Crippen LogP contribution < -0.4 is 5.32 Å². The van der Waals surface area contributed by atoms with Crippen LogP contribution in [0.5, 0.6) is 0 Å². The fraction of sp³-hybridized carbons (Fsp3) is 0.532. The van der Waals surface area contributed by atoms with Gasteiger partial charge in [0, 0.05) is 38.1 Å². The van der Waals surface area contributed by atoms with Gasteiger partial charge in [0.25, 0.3) is 8.53 Å². The van der Waals surface area contributed by atoms with Crippen LogP contribution in [0.1, 0.15) is 94.0 Å². The highest BCUT2D eigenvalue weighted by Crippen LogP contribution is 2.52. The van der Waals surface area contributed by atoms with Gasteiger partial charge in [0.05, 0.1) is 38.9 Å². The molecule has 0 radical (unpaired) electrons. The number of carbonyl (C=O) groups is 1. The number of fused-ring (bicyclic) bond motifs is 1. The number of rotatable bonds is 22. The van der Waals surface area contributed by atoms with E-state index in [0.717, 1.165) is 53.5 Å². The van der Waals surface area contributed by atoms with Crippen LogP contribution in [-0.4, -0.2) is 68.5 Å². The molecular weight excluding hydrogens is 734 g/mol. The number of amides is 1. The molecule has 1 fully saturated rings. The molecule has 5 rings (SSSR count). The summed E-state index contributed by atoms with van der Waals surface area (Å²) in [5, 5.41) is 12.2. The normalized spacial score (nSPS) is 18.8. The Kier molecular flexibility index (Phi) is 17.4. The van der Waals surface area contributed by atoms with Gasteiger partial charge in [-0.1, -0.05) is 90.0 Å². The molecule has 0 aliphatic heterocycles. The maximum Gasteiger partial charge on any atom is 0.407 e. The van der Waals surface area contributed by atoms with Gasteiger partial charge in [0.1, 0.15) is 11.7 Å². The number of nitrogens with one attached hydrogen (secondary N) is 1. The van der Waals surface area contributed by atoms with Crippen LogP contribution in [0.4, 0.5) is 4.79 Å². The molecule has 0 bridgehead atoms. The Hall–Kier alpha value is -3.79. The van der Waals surface area contributed by atoms with Crippen molar-refractivity contribution in [3.8, 4) is 17.9 Å². The summed E-state index contributed by atoms with van der Waals surface area (Å²) in [6, 6.07) is 29.8. The van der Waals surface area contributed by atoms with Crippen molar-refractivity contribution in [2.45, 2.75) is 104 Å². The number of nitriles is 1. The number of hydrogen-bond donors (Lipinski definition) is 1. The highest BCUT2D eigenvalue weighted by molar-refractivity contribution is 7.44. The van der Waals surface area contributed by atoms with Crippen molar-refractivity contribution in [3.63, 3.8) is 0 Å². The maximum atomic E-state index is 12.6. The number of hydrogen-bond acceptors (Lipinski definition) is 8. The molecule has 3 unspecified atom stereocenters. The summed E-state index contributed by atoms with van der Waals surface area (Å²) in [6.07, 6.45) is 4.04. The minimum Gasteiger partial charge on any atom is -0.449 e. The van der Waals surface area contributed by atoms with Gasteiger partial charge in [-0.05, 0) is 95.2 Å². The third-order valence-corrected chi connectivity index (χ3v) is 13.0. The summed E-state index contributed by atoms with van der Waals surface area (Å²) in [6.45, 7) is 14.6. The number of ether oxygens (including phenoxy) is 3. The SMILES string of the molecule is Cc1ccc(C(OCC(COCCCNC(=O)OCC2[C@H]3CCC#CCC[C@@H]23)OP(OCCC#N)N(C(C)C)C(C)C)(c2ccccc2)c2ccc(C)cc2)cc1. The second-order valence-corrected chi connectivity index (χ2v) is 17.1. The molecule has 0 aromatic heterocycles. The molecule has 2 aliphatic rings. The highest BCUT2D eigenvalue weighted by Gasteiger charge is 2.49. The average molecular weight is 796 g/mol. The molecule has 1 amide bonds. The highest BCUT2D eigenvalue weighted by atomic mass is 31.2. The molecule has 9 nitrogen and oxygen atoms in total. The van der Waals surface area contributed by atoms with Gasteiger partial charge >= 0.3 is 6.09 Å². The van der Waals surface area contributed by atoms with Crippen molar-refractivity contribution in [3.05, 3.63) is 107 Å². The van der Waals surface area contributed by atoms with Crippen molar-refractivity contribution in [2.24, 2.45) is 17.8 Å². The molecule has 0 heterocycles. The van der Waals surface area contributed by atoms with Crippen LogP contribution in [-0.2, 0) is 28.9 Å². The van der Waals surface area contributed by atoms with Crippen molar-refractivity contribution < 1.29 is 28.1 Å². The lowest BCUT2D eigenvalue weighted by molar-refractivity contribution is -0.0589. The Bertz CT molecular complexity index is 1700.